The van der Waals surface area contributed by atoms with Crippen LogP contribution in [0.3, 0.4) is 0 Å². The summed E-state index contributed by atoms with van der Waals surface area (Å²) in [5, 5.41) is 0. The fourth-order valence-corrected chi connectivity index (χ4v) is 0.433. The number of nitrogens with zero attached hydrogens (tertiary/aromatic N) is 1. The molecule has 0 spiro atoms. The lowest BCUT2D eigenvalue weighted by molar-refractivity contribution is 0.565. The van der Waals surface area contributed by atoms with Crippen LogP contribution in [0.2, 0.25) is 0 Å². The van der Waals surface area contributed by atoms with Crippen molar-refractivity contribution in [3.8, 4) is 0 Å². The van der Waals surface area contributed by atoms with Crippen molar-refractivity contribution in [2.45, 2.75) is 0 Å². The fourth-order valence-electron chi connectivity index (χ4n) is 0.433. The Bertz CT molecular complexity index is 224. The van der Waals surface area contributed by atoms with Gasteiger partial charge >= 0.3 is 0 Å². The van der Waals surface area contributed by atoms with Gasteiger partial charge in [-0.15, -0.1) is 0 Å². The first-order valence-electron chi connectivity index (χ1n) is 2.27. The zero-order chi connectivity index (χ0) is 6.85. The highest BCUT2D eigenvalue weighted by Gasteiger charge is 1.98. The lowest BCUT2D eigenvalue weighted by Crippen LogP contribution is -1.95. The Hall–Kier alpha value is -1.19. The van der Waals surface area contributed by atoms with E-state index >= 15 is 0 Å². The fraction of sp³-hybridized carbons (Fsp3) is 0. The minimum atomic E-state index is -0.770. The molecule has 0 aromatic carbocycles. The van der Waals surface area contributed by atoms with Crippen LogP contribution in [-0.4, -0.2) is 4.98 Å². The summed E-state index contributed by atoms with van der Waals surface area (Å²) in [6, 6.07) is 1.84. The van der Waals surface area contributed by atoms with E-state index in [1.54, 1.807) is 0 Å². The van der Waals surface area contributed by atoms with E-state index in [2.05, 4.69) is 4.98 Å². The molecule has 0 bridgehead atoms. The average molecular weight is 130 g/mol. The van der Waals surface area contributed by atoms with Crippen molar-refractivity contribution in [1.29, 1.82) is 0 Å². The summed E-state index contributed by atoms with van der Waals surface area (Å²) in [5.74, 6) is -1.87. The van der Waals surface area contributed by atoms with E-state index in [4.69, 9.17) is 5.73 Å². The molecule has 0 aliphatic rings. The molecule has 9 heavy (non-hydrogen) atoms. The molecule has 1 heterocycles. The van der Waals surface area contributed by atoms with E-state index in [9.17, 15) is 8.78 Å². The minimum absolute atomic E-state index is 0.407. The highest BCUT2D eigenvalue weighted by molar-refractivity contribution is 5.28. The molecular formula is C5H4F2N2. The predicted molar refractivity (Wildman–Crippen MR) is 28.6 cm³/mol. The van der Waals surface area contributed by atoms with Gasteiger partial charge in [0.05, 0.1) is 0 Å². The van der Waals surface area contributed by atoms with Crippen LogP contribution in [0, 0.1) is 11.8 Å². The SMILES string of the molecule is Nc1nc(F)ccc1F. The van der Waals surface area contributed by atoms with Gasteiger partial charge in [0, 0.05) is 0 Å². The maximum absolute atomic E-state index is 12.1. The van der Waals surface area contributed by atoms with E-state index < -0.39 is 17.6 Å². The van der Waals surface area contributed by atoms with Crippen LogP contribution in [0.4, 0.5) is 14.6 Å². The number of anilines is 1. The molecule has 0 saturated carbocycles. The van der Waals surface area contributed by atoms with Crippen LogP contribution < -0.4 is 5.73 Å². The first-order valence-corrected chi connectivity index (χ1v) is 2.27. The number of aromatic nitrogens is 1. The predicted octanol–water partition coefficient (Wildman–Crippen LogP) is 0.942. The molecule has 1 aromatic rings. The van der Waals surface area contributed by atoms with E-state index in [-0.39, 0.29) is 0 Å². The third-order valence-corrected chi connectivity index (χ3v) is 0.839. The Balaban J connectivity index is 3.17. The Morgan fingerprint density at radius 1 is 1.33 bits per heavy atom. The summed E-state index contributed by atoms with van der Waals surface area (Å²) >= 11 is 0. The zero-order valence-corrected chi connectivity index (χ0v) is 4.44. The van der Waals surface area contributed by atoms with Crippen LogP contribution in [0.5, 0.6) is 0 Å². The zero-order valence-electron chi connectivity index (χ0n) is 4.44. The van der Waals surface area contributed by atoms with Crippen molar-refractivity contribution in [3.05, 3.63) is 23.9 Å². The molecule has 0 aliphatic carbocycles. The number of hydrogen-bond donors (Lipinski definition) is 1. The molecule has 0 unspecified atom stereocenters. The van der Waals surface area contributed by atoms with Gasteiger partial charge in [0.15, 0.2) is 11.6 Å². The summed E-state index contributed by atoms with van der Waals surface area (Å²) in [7, 11) is 0. The molecule has 0 amide bonds. The molecule has 0 atom stereocenters. The van der Waals surface area contributed by atoms with Crippen LogP contribution >= 0.6 is 0 Å². The molecule has 0 fully saturated rings. The summed E-state index contributed by atoms with van der Waals surface area (Å²) in [6.45, 7) is 0. The second-order valence-corrected chi connectivity index (χ2v) is 1.50. The Morgan fingerprint density at radius 2 is 2.00 bits per heavy atom. The average Bonchev–Trinajstić information content (AvgIpc) is 1.80. The van der Waals surface area contributed by atoms with Crippen molar-refractivity contribution >= 4 is 5.82 Å². The summed E-state index contributed by atoms with van der Waals surface area (Å²) in [5.41, 5.74) is 4.89. The maximum Gasteiger partial charge on any atom is 0.214 e. The lowest BCUT2D eigenvalue weighted by Gasteiger charge is -1.91. The molecule has 48 valence electrons. The second kappa shape index (κ2) is 1.97. The van der Waals surface area contributed by atoms with Gasteiger partial charge < -0.3 is 5.73 Å². The first-order chi connectivity index (χ1) is 4.20. The molecule has 0 radical (unpaired) electrons. The number of hydrogen-bond acceptors (Lipinski definition) is 2. The van der Waals surface area contributed by atoms with Gasteiger partial charge in [-0.1, -0.05) is 0 Å². The van der Waals surface area contributed by atoms with Crippen LogP contribution in [0.1, 0.15) is 0 Å². The topological polar surface area (TPSA) is 38.9 Å². The van der Waals surface area contributed by atoms with E-state index in [1.807, 2.05) is 0 Å². The van der Waals surface area contributed by atoms with Gasteiger partial charge in [-0.3, -0.25) is 0 Å². The van der Waals surface area contributed by atoms with Crippen molar-refractivity contribution in [2.24, 2.45) is 0 Å². The number of nitrogens with two attached hydrogens (primary N) is 1. The van der Waals surface area contributed by atoms with E-state index in [1.165, 1.54) is 0 Å². The standard InChI is InChI=1S/C5H4F2N2/c6-3-1-2-4(7)9-5(3)8/h1-2H,(H2,8,9). The van der Waals surface area contributed by atoms with Crippen molar-refractivity contribution < 1.29 is 8.78 Å². The molecule has 1 aromatic heterocycles. The number of pyridine rings is 1. The number of halogens is 2. The Kier molecular flexibility index (Phi) is 1.30. The number of rotatable bonds is 0. The van der Waals surface area contributed by atoms with Crippen LogP contribution in [0.25, 0.3) is 0 Å². The van der Waals surface area contributed by atoms with Gasteiger partial charge in [0.2, 0.25) is 5.95 Å². The highest BCUT2D eigenvalue weighted by Crippen LogP contribution is 2.04. The largest absolute Gasteiger partial charge is 0.381 e. The van der Waals surface area contributed by atoms with Crippen molar-refractivity contribution in [2.75, 3.05) is 5.73 Å². The van der Waals surface area contributed by atoms with E-state index in [0.29, 0.717) is 0 Å². The number of nitrogen functional groups attached to an aromatic ring is 1. The Labute approximate surface area is 50.3 Å². The smallest absolute Gasteiger partial charge is 0.214 e. The monoisotopic (exact) mass is 130 g/mol. The van der Waals surface area contributed by atoms with E-state index in [0.717, 1.165) is 12.1 Å². The van der Waals surface area contributed by atoms with Crippen molar-refractivity contribution in [1.82, 2.24) is 4.98 Å². The molecule has 2 nitrogen and oxygen atoms in total. The molecular weight excluding hydrogens is 126 g/mol. The summed E-state index contributed by atoms with van der Waals surface area (Å²) in [4.78, 5) is 3.01. The molecule has 4 heteroatoms. The summed E-state index contributed by atoms with van der Waals surface area (Å²) < 4.78 is 24.1. The maximum atomic E-state index is 12.1. The Morgan fingerprint density at radius 3 is 2.44 bits per heavy atom. The molecule has 1 rings (SSSR count). The molecule has 2 N–H and O–H groups in total. The third kappa shape index (κ3) is 1.13. The summed E-state index contributed by atoms with van der Waals surface area (Å²) in [6.07, 6.45) is 0. The second-order valence-electron chi connectivity index (χ2n) is 1.50. The van der Waals surface area contributed by atoms with Crippen LogP contribution in [0.15, 0.2) is 12.1 Å². The molecule has 0 saturated heterocycles. The third-order valence-electron chi connectivity index (χ3n) is 0.839. The first kappa shape index (κ1) is 5.94. The quantitative estimate of drug-likeness (QED) is 0.531. The van der Waals surface area contributed by atoms with Gasteiger partial charge in [-0.05, 0) is 12.1 Å². The van der Waals surface area contributed by atoms with Gasteiger partial charge in [-0.2, -0.15) is 9.37 Å². The minimum Gasteiger partial charge on any atom is -0.381 e. The highest BCUT2D eigenvalue weighted by atomic mass is 19.1. The lowest BCUT2D eigenvalue weighted by atomic mass is 10.4. The molecule has 0 aliphatic heterocycles. The van der Waals surface area contributed by atoms with Gasteiger partial charge in [0.1, 0.15) is 0 Å². The van der Waals surface area contributed by atoms with Gasteiger partial charge in [0.25, 0.3) is 0 Å². The van der Waals surface area contributed by atoms with Crippen molar-refractivity contribution in [3.63, 3.8) is 0 Å². The van der Waals surface area contributed by atoms with Crippen LogP contribution in [-0.2, 0) is 0 Å². The normalized spacial score (nSPS) is 9.56. The van der Waals surface area contributed by atoms with Gasteiger partial charge in [-0.25, -0.2) is 4.39 Å².